The maximum Gasteiger partial charge on any atom is 0.0920 e. The zero-order valence-corrected chi connectivity index (χ0v) is 35.5. The maximum absolute atomic E-state index is 4.93. The van der Waals surface area contributed by atoms with Gasteiger partial charge in [0.1, 0.15) is 0 Å². The van der Waals surface area contributed by atoms with Crippen LogP contribution in [0.15, 0.2) is 84.9 Å². The van der Waals surface area contributed by atoms with Gasteiger partial charge in [-0.3, -0.25) is 0 Å². The van der Waals surface area contributed by atoms with Gasteiger partial charge in [-0.2, -0.15) is 35.5 Å². The van der Waals surface area contributed by atoms with E-state index in [-0.39, 0.29) is 0 Å². The Morgan fingerprint density at radius 3 is 1.91 bits per heavy atom. The molecule has 0 N–H and O–H groups in total. The molecule has 1 aliphatic heterocycles. The van der Waals surface area contributed by atoms with Gasteiger partial charge in [-0.1, -0.05) is 142 Å². The second-order valence-corrected chi connectivity index (χ2v) is 29.8. The summed E-state index contributed by atoms with van der Waals surface area (Å²) >= 11 is -0.826. The van der Waals surface area contributed by atoms with E-state index in [2.05, 4.69) is 152 Å². The summed E-state index contributed by atoms with van der Waals surface area (Å²) in [6.07, 6.45) is 0. The molecular weight excluding hydrogens is 715 g/mol. The average Bonchev–Trinajstić information content (AvgIpc) is 3.58. The molecule has 0 aliphatic carbocycles. The Labute approximate surface area is 295 Å². The first-order valence-electron chi connectivity index (χ1n) is 15.9. The standard InChI is InChI=1S/C27H39Si2.C12H7Si.2ClH.Zr/c1-18(2)21-13-20-11-12-25(19(3)4)27(26(20)16-21)22-14-23(28(5,6)7)17-24(15-22)29(8,9)10;1-3-7-11-9(5-1)10-6-2-4-8-12(10)13-11;;;/h11-19H,1-10H3;1-7H;2*1H;/q2*-1;;;+4/p-2. The Kier molecular flexibility index (Phi) is 12.3. The maximum atomic E-state index is 4.93. The van der Waals surface area contributed by atoms with Crippen molar-refractivity contribution in [1.82, 2.24) is 0 Å². The first-order chi connectivity index (χ1) is 21.1. The van der Waals surface area contributed by atoms with E-state index in [9.17, 15) is 0 Å². The first-order valence-corrected chi connectivity index (χ1v) is 30.2. The van der Waals surface area contributed by atoms with Crippen LogP contribution in [0.2, 0.25) is 39.3 Å². The van der Waals surface area contributed by atoms with Crippen molar-refractivity contribution < 1.29 is 20.8 Å². The van der Waals surface area contributed by atoms with Gasteiger partial charge in [0.05, 0.1) is 25.7 Å². The molecule has 0 nitrogen and oxygen atoms in total. The second-order valence-electron chi connectivity index (χ2n) is 14.6. The Bertz CT molecular complexity index is 1680. The third kappa shape index (κ3) is 8.75. The van der Waals surface area contributed by atoms with E-state index < -0.39 is 37.0 Å². The number of fused-ring (bicyclic) bond motifs is 4. The zero-order valence-electron chi connectivity index (χ0n) is 28.5. The zero-order chi connectivity index (χ0) is 33.1. The molecule has 1 heterocycles. The van der Waals surface area contributed by atoms with Gasteiger partial charge in [0.2, 0.25) is 0 Å². The molecule has 0 atom stereocenters. The van der Waals surface area contributed by atoms with Crippen molar-refractivity contribution in [2.75, 3.05) is 0 Å². The second kappa shape index (κ2) is 15.2. The van der Waals surface area contributed by atoms with Crippen molar-refractivity contribution in [3.63, 3.8) is 0 Å². The van der Waals surface area contributed by atoms with Crippen molar-refractivity contribution in [2.45, 2.75) is 78.8 Å². The van der Waals surface area contributed by atoms with Crippen LogP contribution < -0.4 is 20.7 Å². The van der Waals surface area contributed by atoms with Gasteiger partial charge in [0.15, 0.2) is 0 Å². The van der Waals surface area contributed by atoms with Gasteiger partial charge < -0.3 is 0 Å². The molecule has 5 aromatic carbocycles. The van der Waals surface area contributed by atoms with E-state index in [1.54, 1.807) is 10.4 Å². The van der Waals surface area contributed by atoms with E-state index in [1.807, 2.05) is 6.07 Å². The fourth-order valence-corrected chi connectivity index (χ4v) is 9.63. The third-order valence-electron chi connectivity index (χ3n) is 8.52. The van der Waals surface area contributed by atoms with Gasteiger partial charge in [-0.05, 0) is 17.4 Å². The number of rotatable bonds is 5. The monoisotopic (exact) mass is 758 g/mol. The summed E-state index contributed by atoms with van der Waals surface area (Å²) in [7, 11) is 7.84. The molecular formula is C39H46Cl2Si3Zr. The van der Waals surface area contributed by atoms with Crippen LogP contribution in [-0.4, -0.2) is 25.7 Å². The van der Waals surface area contributed by atoms with E-state index in [0.717, 1.165) is 9.52 Å². The van der Waals surface area contributed by atoms with E-state index in [4.69, 9.17) is 17.0 Å². The van der Waals surface area contributed by atoms with Crippen LogP contribution in [0, 0.1) is 6.07 Å². The van der Waals surface area contributed by atoms with Crippen LogP contribution in [-0.2, 0) is 20.8 Å². The van der Waals surface area contributed by atoms with Gasteiger partial charge in [0.25, 0.3) is 0 Å². The molecule has 0 amide bonds. The third-order valence-corrected chi connectivity index (χ3v) is 13.9. The van der Waals surface area contributed by atoms with E-state index in [0.29, 0.717) is 11.8 Å². The topological polar surface area (TPSA) is 0 Å². The largest absolute Gasteiger partial charge is 0.184 e. The molecule has 1 aliphatic rings. The normalized spacial score (nSPS) is 12.2. The molecule has 0 spiro atoms. The molecule has 0 unspecified atom stereocenters. The summed E-state index contributed by atoms with van der Waals surface area (Å²) in [5.74, 6) is 1.07. The number of hydrogen-bond acceptors (Lipinski definition) is 0. The minimum Gasteiger partial charge on any atom is -0.184 e. The molecule has 2 radical (unpaired) electrons. The summed E-state index contributed by atoms with van der Waals surface area (Å²) in [4.78, 5) is 0. The van der Waals surface area contributed by atoms with Crippen molar-refractivity contribution in [3.8, 4) is 22.3 Å². The molecule has 232 valence electrons. The fraction of sp³-hybridized carbons (Fsp3) is 0.308. The van der Waals surface area contributed by atoms with E-state index in [1.165, 1.54) is 54.5 Å². The SMILES string of the molecule is CC(C)c1cc2c(-c3cc([Si](C)(C)C)cc([Si](C)(C)C)c3)c(C(C)C)ccc2[cH-]1.[Cl][Zr+2][Cl].[c-]1cccc2c1[Si]c1ccccc1-2. The Morgan fingerprint density at radius 1 is 0.733 bits per heavy atom. The Morgan fingerprint density at radius 2 is 1.33 bits per heavy atom. The molecule has 0 aromatic heterocycles. The molecule has 0 saturated carbocycles. The van der Waals surface area contributed by atoms with Gasteiger partial charge in [0, 0.05) is 0 Å². The van der Waals surface area contributed by atoms with Crippen molar-refractivity contribution >= 4 is 74.2 Å². The molecule has 0 saturated heterocycles. The van der Waals surface area contributed by atoms with Crippen molar-refractivity contribution in [2.24, 2.45) is 0 Å². The number of benzene rings is 4. The minimum absolute atomic E-state index is 0.512. The van der Waals surface area contributed by atoms with Crippen molar-refractivity contribution in [3.05, 3.63) is 102 Å². The van der Waals surface area contributed by atoms with E-state index >= 15 is 0 Å². The molecule has 6 heteroatoms. The number of halogens is 2. The Balaban J connectivity index is 0.000000236. The molecule has 0 fully saturated rings. The van der Waals surface area contributed by atoms with Crippen LogP contribution in [0.25, 0.3) is 33.0 Å². The minimum atomic E-state index is -1.41. The molecule has 45 heavy (non-hydrogen) atoms. The average molecular weight is 761 g/mol. The molecule has 6 rings (SSSR count). The summed E-state index contributed by atoms with van der Waals surface area (Å²) < 4.78 is 0. The summed E-state index contributed by atoms with van der Waals surface area (Å²) in [5.41, 5.74) is 8.62. The van der Waals surface area contributed by atoms with Crippen LogP contribution in [0.1, 0.15) is 50.7 Å². The summed E-state index contributed by atoms with van der Waals surface area (Å²) in [6.45, 7) is 24.1. The van der Waals surface area contributed by atoms with Crippen LogP contribution in [0.5, 0.6) is 0 Å². The first kappa shape index (κ1) is 36.4. The Hall–Kier alpha value is -1.40. The fourth-order valence-electron chi connectivity index (χ4n) is 5.82. The summed E-state index contributed by atoms with van der Waals surface area (Å²) in [6, 6.07) is 35.3. The van der Waals surface area contributed by atoms with Crippen LogP contribution >= 0.6 is 17.0 Å². The molecule has 5 aromatic rings. The predicted octanol–water partition coefficient (Wildman–Crippen LogP) is 10.1. The summed E-state index contributed by atoms with van der Waals surface area (Å²) in [5, 5.41) is 8.84. The quantitative estimate of drug-likeness (QED) is 0.121. The predicted molar refractivity (Wildman–Crippen MR) is 207 cm³/mol. The van der Waals surface area contributed by atoms with Crippen LogP contribution in [0.4, 0.5) is 0 Å². The number of hydrogen-bond donors (Lipinski definition) is 0. The van der Waals surface area contributed by atoms with Gasteiger partial charge in [-0.15, -0.1) is 40.1 Å². The van der Waals surface area contributed by atoms with Crippen LogP contribution in [0.3, 0.4) is 0 Å². The smallest absolute Gasteiger partial charge is 0.0920 e. The van der Waals surface area contributed by atoms with Gasteiger partial charge >= 0.3 is 37.9 Å². The molecule has 0 bridgehead atoms. The van der Waals surface area contributed by atoms with Gasteiger partial charge in [-0.25, -0.2) is 0 Å². The van der Waals surface area contributed by atoms with Crippen molar-refractivity contribution in [1.29, 1.82) is 0 Å².